The largest absolute Gasteiger partial charge is 0.392 e. The molecule has 0 spiro atoms. The second-order valence-corrected chi connectivity index (χ2v) is 2.97. The fraction of sp³-hybridized carbons (Fsp3) is 0.875. The Hall–Kier alpha value is -0.610. The average molecular weight is 174 g/mol. The summed E-state index contributed by atoms with van der Waals surface area (Å²) in [6.07, 6.45) is 1.31. The number of rotatable bonds is 6. The summed E-state index contributed by atoms with van der Waals surface area (Å²) < 4.78 is 0. The zero-order valence-corrected chi connectivity index (χ0v) is 7.71. The van der Waals surface area contributed by atoms with Gasteiger partial charge in [-0.2, -0.15) is 0 Å². The second-order valence-electron chi connectivity index (χ2n) is 2.97. The van der Waals surface area contributed by atoms with Crippen LogP contribution < -0.4 is 11.1 Å². The predicted octanol–water partition coefficient (Wildman–Crippen LogP) is -0.389. The van der Waals surface area contributed by atoms with Gasteiger partial charge in [-0.05, 0) is 13.3 Å². The first kappa shape index (κ1) is 11.4. The van der Waals surface area contributed by atoms with Crippen molar-refractivity contribution in [2.45, 2.75) is 38.8 Å². The third-order valence-electron chi connectivity index (χ3n) is 1.71. The van der Waals surface area contributed by atoms with E-state index in [2.05, 4.69) is 5.32 Å². The molecule has 2 atom stereocenters. The van der Waals surface area contributed by atoms with E-state index in [1.807, 2.05) is 6.92 Å². The minimum absolute atomic E-state index is 0.364. The smallest absolute Gasteiger partial charge is 0.234 e. The zero-order valence-electron chi connectivity index (χ0n) is 7.71. The molecule has 4 heteroatoms. The summed E-state index contributed by atoms with van der Waals surface area (Å²) >= 11 is 0. The molecule has 0 bridgehead atoms. The van der Waals surface area contributed by atoms with E-state index >= 15 is 0 Å². The van der Waals surface area contributed by atoms with Gasteiger partial charge in [0.25, 0.3) is 0 Å². The SMILES string of the molecule is CCCC(O)CNC(C)C(N)=O. The van der Waals surface area contributed by atoms with Crippen LogP contribution in [0.15, 0.2) is 0 Å². The van der Waals surface area contributed by atoms with Crippen LogP contribution in [0, 0.1) is 0 Å². The normalized spacial score (nSPS) is 15.6. The standard InChI is InChI=1S/C8H18N2O2/c1-3-4-7(11)5-10-6(2)8(9)12/h6-7,10-11H,3-5H2,1-2H3,(H2,9,12). The van der Waals surface area contributed by atoms with Crippen molar-refractivity contribution < 1.29 is 9.90 Å². The number of carbonyl (C=O) groups is 1. The summed E-state index contributed by atoms with van der Waals surface area (Å²) in [5.74, 6) is -0.390. The van der Waals surface area contributed by atoms with Gasteiger partial charge in [0.1, 0.15) is 0 Å². The lowest BCUT2D eigenvalue weighted by atomic mass is 10.2. The zero-order chi connectivity index (χ0) is 9.56. The first-order valence-electron chi connectivity index (χ1n) is 4.28. The highest BCUT2D eigenvalue weighted by molar-refractivity contribution is 5.79. The van der Waals surface area contributed by atoms with Crippen LogP contribution in [0.25, 0.3) is 0 Å². The molecule has 0 aromatic heterocycles. The van der Waals surface area contributed by atoms with Gasteiger partial charge in [-0.3, -0.25) is 4.79 Å². The molecule has 1 amide bonds. The van der Waals surface area contributed by atoms with E-state index in [0.717, 1.165) is 12.8 Å². The van der Waals surface area contributed by atoms with E-state index in [9.17, 15) is 9.90 Å². The number of carbonyl (C=O) groups excluding carboxylic acids is 1. The minimum Gasteiger partial charge on any atom is -0.392 e. The average Bonchev–Trinajstić information content (AvgIpc) is 2.00. The predicted molar refractivity (Wildman–Crippen MR) is 47.6 cm³/mol. The van der Waals surface area contributed by atoms with E-state index in [-0.39, 0.29) is 12.1 Å². The Morgan fingerprint density at radius 2 is 2.25 bits per heavy atom. The summed E-state index contributed by atoms with van der Waals surface area (Å²) in [5, 5.41) is 12.1. The molecule has 0 saturated heterocycles. The summed E-state index contributed by atoms with van der Waals surface area (Å²) in [6, 6.07) is -0.364. The van der Waals surface area contributed by atoms with Gasteiger partial charge in [-0.25, -0.2) is 0 Å². The van der Waals surface area contributed by atoms with Gasteiger partial charge < -0.3 is 16.2 Å². The number of nitrogens with two attached hydrogens (primary N) is 1. The maximum Gasteiger partial charge on any atom is 0.234 e. The molecule has 2 unspecified atom stereocenters. The molecular formula is C8H18N2O2. The molecule has 0 fully saturated rings. The maximum atomic E-state index is 10.5. The van der Waals surface area contributed by atoms with Gasteiger partial charge in [0.15, 0.2) is 0 Å². The van der Waals surface area contributed by atoms with Gasteiger partial charge >= 0.3 is 0 Å². The van der Waals surface area contributed by atoms with Crippen LogP contribution in [0.1, 0.15) is 26.7 Å². The van der Waals surface area contributed by atoms with E-state index in [1.54, 1.807) is 6.92 Å². The Kier molecular flexibility index (Phi) is 5.66. The van der Waals surface area contributed by atoms with Crippen molar-refractivity contribution in [2.24, 2.45) is 5.73 Å². The van der Waals surface area contributed by atoms with Gasteiger partial charge in [-0.15, -0.1) is 0 Å². The molecule has 0 saturated carbocycles. The molecule has 0 aliphatic carbocycles. The van der Waals surface area contributed by atoms with Crippen molar-refractivity contribution in [1.29, 1.82) is 0 Å². The molecule has 0 aliphatic rings. The molecule has 12 heavy (non-hydrogen) atoms. The molecule has 0 aromatic rings. The number of primary amides is 1. The third kappa shape index (κ3) is 5.09. The summed E-state index contributed by atoms with van der Waals surface area (Å²) in [5.41, 5.74) is 5.01. The Bertz CT molecular complexity index is 139. The van der Waals surface area contributed by atoms with Crippen molar-refractivity contribution in [3.8, 4) is 0 Å². The van der Waals surface area contributed by atoms with Crippen LogP contribution in [0.4, 0.5) is 0 Å². The number of nitrogens with one attached hydrogen (secondary N) is 1. The maximum absolute atomic E-state index is 10.5. The molecule has 72 valence electrons. The highest BCUT2D eigenvalue weighted by Gasteiger charge is 2.09. The molecule has 4 N–H and O–H groups in total. The van der Waals surface area contributed by atoms with Crippen molar-refractivity contribution in [3.05, 3.63) is 0 Å². The fourth-order valence-electron chi connectivity index (χ4n) is 0.849. The molecule has 0 aliphatic heterocycles. The third-order valence-corrected chi connectivity index (χ3v) is 1.71. The molecular weight excluding hydrogens is 156 g/mol. The minimum atomic E-state index is -0.390. The van der Waals surface area contributed by atoms with Crippen molar-refractivity contribution >= 4 is 5.91 Å². The van der Waals surface area contributed by atoms with Crippen LogP contribution in [0.5, 0.6) is 0 Å². The van der Waals surface area contributed by atoms with E-state index < -0.39 is 5.91 Å². The van der Waals surface area contributed by atoms with Gasteiger partial charge in [-0.1, -0.05) is 13.3 Å². The van der Waals surface area contributed by atoms with E-state index in [0.29, 0.717) is 6.54 Å². The Balaban J connectivity index is 3.46. The highest BCUT2D eigenvalue weighted by Crippen LogP contribution is 1.94. The summed E-state index contributed by atoms with van der Waals surface area (Å²) in [7, 11) is 0. The first-order valence-corrected chi connectivity index (χ1v) is 4.28. The van der Waals surface area contributed by atoms with Crippen LogP contribution in [0.2, 0.25) is 0 Å². The van der Waals surface area contributed by atoms with Crippen molar-refractivity contribution in [3.63, 3.8) is 0 Å². The number of aliphatic hydroxyl groups is 1. The van der Waals surface area contributed by atoms with Crippen molar-refractivity contribution in [2.75, 3.05) is 6.54 Å². The van der Waals surface area contributed by atoms with Gasteiger partial charge in [0.2, 0.25) is 5.91 Å². The monoisotopic (exact) mass is 174 g/mol. The number of amides is 1. The lowest BCUT2D eigenvalue weighted by Crippen LogP contribution is -2.42. The van der Waals surface area contributed by atoms with Crippen LogP contribution >= 0.6 is 0 Å². The Labute approximate surface area is 73.1 Å². The van der Waals surface area contributed by atoms with Gasteiger partial charge in [0.05, 0.1) is 12.1 Å². The quantitative estimate of drug-likeness (QED) is 0.513. The lowest BCUT2D eigenvalue weighted by Gasteiger charge is -2.13. The summed E-state index contributed by atoms with van der Waals surface area (Å²) in [4.78, 5) is 10.5. The molecule has 0 aromatic carbocycles. The fourth-order valence-corrected chi connectivity index (χ4v) is 0.849. The van der Waals surface area contributed by atoms with E-state index in [4.69, 9.17) is 5.73 Å². The molecule has 0 rings (SSSR count). The highest BCUT2D eigenvalue weighted by atomic mass is 16.3. The molecule has 0 radical (unpaired) electrons. The molecule has 0 heterocycles. The number of hydrogen-bond donors (Lipinski definition) is 3. The van der Waals surface area contributed by atoms with Crippen LogP contribution in [0.3, 0.4) is 0 Å². The Morgan fingerprint density at radius 1 is 1.67 bits per heavy atom. The Morgan fingerprint density at radius 3 is 2.67 bits per heavy atom. The first-order chi connectivity index (χ1) is 5.57. The second kappa shape index (κ2) is 5.97. The van der Waals surface area contributed by atoms with Crippen LogP contribution in [-0.4, -0.2) is 29.7 Å². The lowest BCUT2D eigenvalue weighted by molar-refractivity contribution is -0.119. The topological polar surface area (TPSA) is 75.3 Å². The summed E-state index contributed by atoms with van der Waals surface area (Å²) in [6.45, 7) is 4.11. The number of hydrogen-bond acceptors (Lipinski definition) is 3. The van der Waals surface area contributed by atoms with E-state index in [1.165, 1.54) is 0 Å². The van der Waals surface area contributed by atoms with Crippen molar-refractivity contribution in [1.82, 2.24) is 5.32 Å². The van der Waals surface area contributed by atoms with Crippen LogP contribution in [-0.2, 0) is 4.79 Å². The number of aliphatic hydroxyl groups excluding tert-OH is 1. The van der Waals surface area contributed by atoms with Gasteiger partial charge in [0, 0.05) is 6.54 Å². The molecule has 4 nitrogen and oxygen atoms in total.